The zero-order chi connectivity index (χ0) is 24.8. The Bertz CT molecular complexity index is 1300. The fourth-order valence-corrected chi connectivity index (χ4v) is 4.65. The van der Waals surface area contributed by atoms with E-state index < -0.39 is 0 Å². The normalized spacial score (nSPS) is 11.1. The van der Waals surface area contributed by atoms with E-state index in [0.717, 1.165) is 27.9 Å². The van der Waals surface area contributed by atoms with Crippen LogP contribution in [0.15, 0.2) is 89.7 Å². The first-order valence-corrected chi connectivity index (χ1v) is 12.3. The van der Waals surface area contributed by atoms with Crippen molar-refractivity contribution in [2.24, 2.45) is 0 Å². The average Bonchev–Trinajstić information content (AvgIpc) is 2.89. The van der Waals surface area contributed by atoms with Crippen molar-refractivity contribution in [1.29, 1.82) is 0 Å². The number of Topliss-reactive ketones (excluding diaryl/α,β-unsaturated/α-hetero) is 1. The highest BCUT2D eigenvalue weighted by atomic mass is 16.1. The Morgan fingerprint density at radius 3 is 1.97 bits per heavy atom. The van der Waals surface area contributed by atoms with Crippen LogP contribution in [0, 0.1) is 13.8 Å². The highest BCUT2D eigenvalue weighted by molar-refractivity contribution is 5.96. The summed E-state index contributed by atoms with van der Waals surface area (Å²) in [5, 5.41) is 0. The van der Waals surface area contributed by atoms with Gasteiger partial charge in [0.15, 0.2) is 5.78 Å². The van der Waals surface area contributed by atoms with E-state index in [2.05, 4.69) is 24.3 Å². The van der Waals surface area contributed by atoms with E-state index in [1.165, 1.54) is 0 Å². The monoisotopic (exact) mass is 464 g/mol. The Morgan fingerprint density at radius 1 is 0.857 bits per heavy atom. The molecule has 4 nitrogen and oxygen atoms in total. The van der Waals surface area contributed by atoms with Gasteiger partial charge in [-0.3, -0.25) is 14.2 Å². The molecule has 4 rings (SSSR count). The van der Waals surface area contributed by atoms with Crippen LogP contribution in [0.4, 0.5) is 0 Å². The Balaban J connectivity index is 1.69. The van der Waals surface area contributed by atoms with Gasteiger partial charge in [-0.1, -0.05) is 97.4 Å². The predicted octanol–water partition coefficient (Wildman–Crippen LogP) is 6.27. The minimum absolute atomic E-state index is 0.0187. The third-order valence-corrected chi connectivity index (χ3v) is 6.50. The second-order valence-electron chi connectivity index (χ2n) is 8.98. The molecule has 4 aromatic rings. The molecule has 0 radical (unpaired) electrons. The lowest BCUT2D eigenvalue weighted by Gasteiger charge is -2.24. The number of carbonyl (C=O) groups excluding carboxylic acids is 1. The van der Waals surface area contributed by atoms with E-state index in [0.29, 0.717) is 37.1 Å². The van der Waals surface area contributed by atoms with Crippen molar-refractivity contribution in [3.8, 4) is 0 Å². The number of ketones is 1. The predicted molar refractivity (Wildman–Crippen MR) is 141 cm³/mol. The number of carbonyl (C=O) groups is 1. The van der Waals surface area contributed by atoms with E-state index in [4.69, 9.17) is 4.98 Å². The summed E-state index contributed by atoms with van der Waals surface area (Å²) in [5.41, 5.74) is 5.45. The summed E-state index contributed by atoms with van der Waals surface area (Å²) < 4.78 is 1.82. The van der Waals surface area contributed by atoms with Crippen LogP contribution in [0.25, 0.3) is 0 Å². The van der Waals surface area contributed by atoms with E-state index in [1.54, 1.807) is 0 Å². The second kappa shape index (κ2) is 11.1. The highest BCUT2D eigenvalue weighted by Gasteiger charge is 2.23. The molecule has 35 heavy (non-hydrogen) atoms. The molecule has 0 aliphatic carbocycles. The van der Waals surface area contributed by atoms with Crippen molar-refractivity contribution in [3.05, 3.63) is 135 Å². The molecule has 0 fully saturated rings. The molecule has 4 heteroatoms. The molecule has 0 saturated carbocycles. The van der Waals surface area contributed by atoms with Crippen LogP contribution in [-0.4, -0.2) is 15.3 Å². The summed E-state index contributed by atoms with van der Waals surface area (Å²) in [6.45, 7) is 5.94. The van der Waals surface area contributed by atoms with Gasteiger partial charge in [-0.15, -0.1) is 0 Å². The molecule has 0 atom stereocenters. The van der Waals surface area contributed by atoms with Crippen molar-refractivity contribution in [2.75, 3.05) is 0 Å². The lowest BCUT2D eigenvalue weighted by molar-refractivity contribution is 0.0980. The third-order valence-electron chi connectivity index (χ3n) is 6.50. The molecule has 0 N–H and O–H groups in total. The zero-order valence-corrected chi connectivity index (χ0v) is 20.7. The molecule has 0 amide bonds. The smallest absolute Gasteiger partial charge is 0.257 e. The van der Waals surface area contributed by atoms with E-state index >= 15 is 0 Å². The number of benzene rings is 3. The van der Waals surface area contributed by atoms with Crippen LogP contribution in [-0.2, 0) is 12.8 Å². The van der Waals surface area contributed by atoms with Crippen molar-refractivity contribution in [1.82, 2.24) is 9.55 Å². The van der Waals surface area contributed by atoms with Crippen molar-refractivity contribution >= 4 is 5.78 Å². The minimum Gasteiger partial charge on any atom is -0.294 e. The maximum Gasteiger partial charge on any atom is 0.257 e. The lowest BCUT2D eigenvalue weighted by Crippen LogP contribution is -2.33. The van der Waals surface area contributed by atoms with Crippen molar-refractivity contribution < 1.29 is 4.79 Å². The topological polar surface area (TPSA) is 52.0 Å². The molecule has 1 heterocycles. The summed E-state index contributed by atoms with van der Waals surface area (Å²) in [7, 11) is 0. The maximum absolute atomic E-state index is 14.0. The van der Waals surface area contributed by atoms with E-state index in [9.17, 15) is 9.59 Å². The molecule has 0 spiro atoms. The Labute approximate surface area is 207 Å². The van der Waals surface area contributed by atoms with Gasteiger partial charge in [0, 0.05) is 17.5 Å². The van der Waals surface area contributed by atoms with Crippen LogP contribution in [0.5, 0.6) is 0 Å². The van der Waals surface area contributed by atoms with Gasteiger partial charge in [0.05, 0.1) is 11.7 Å². The van der Waals surface area contributed by atoms with Crippen LogP contribution >= 0.6 is 0 Å². The first-order valence-electron chi connectivity index (χ1n) is 12.3. The van der Waals surface area contributed by atoms with E-state index in [1.807, 2.05) is 86.0 Å². The molecule has 0 bridgehead atoms. The fraction of sp³-hybridized carbons (Fsp3) is 0.258. The first-order chi connectivity index (χ1) is 17.0. The van der Waals surface area contributed by atoms with Crippen molar-refractivity contribution in [2.45, 2.75) is 52.5 Å². The molecule has 3 aromatic carbocycles. The quantitative estimate of drug-likeness (QED) is 0.275. The van der Waals surface area contributed by atoms with Gasteiger partial charge in [0.1, 0.15) is 5.82 Å². The number of hydrogen-bond donors (Lipinski definition) is 0. The van der Waals surface area contributed by atoms with Gasteiger partial charge < -0.3 is 0 Å². The molecule has 0 saturated heterocycles. The van der Waals surface area contributed by atoms with Gasteiger partial charge in [0.2, 0.25) is 0 Å². The summed E-state index contributed by atoms with van der Waals surface area (Å²) in [6.07, 6.45) is 2.23. The molecular formula is C31H32N2O2. The van der Waals surface area contributed by atoms with E-state index in [-0.39, 0.29) is 17.4 Å². The van der Waals surface area contributed by atoms with Crippen molar-refractivity contribution in [3.63, 3.8) is 0 Å². The van der Waals surface area contributed by atoms with Gasteiger partial charge in [-0.25, -0.2) is 4.98 Å². The number of aromatic nitrogens is 2. The molecular weight excluding hydrogens is 432 g/mol. The van der Waals surface area contributed by atoms with Crippen LogP contribution in [0.2, 0.25) is 0 Å². The summed E-state index contributed by atoms with van der Waals surface area (Å²) in [6, 6.07) is 27.6. The number of aryl methyl sites for hydroxylation is 3. The number of rotatable bonds is 9. The van der Waals surface area contributed by atoms with Crippen LogP contribution < -0.4 is 5.56 Å². The second-order valence-corrected chi connectivity index (χ2v) is 8.98. The largest absolute Gasteiger partial charge is 0.294 e. The SMILES string of the molecule is CCc1nc(C)n(C(c2ccccc2)c2ccccc2)c(=O)c1CCCC(=O)c1ccc(C)cc1. The fourth-order valence-electron chi connectivity index (χ4n) is 4.65. The molecule has 0 unspecified atom stereocenters. The van der Waals surface area contributed by atoms with Crippen LogP contribution in [0.1, 0.15) is 69.9 Å². The molecule has 0 aliphatic heterocycles. The summed E-state index contributed by atoms with van der Waals surface area (Å²) in [5.74, 6) is 0.805. The highest BCUT2D eigenvalue weighted by Crippen LogP contribution is 2.27. The Morgan fingerprint density at radius 2 is 1.43 bits per heavy atom. The van der Waals surface area contributed by atoms with Gasteiger partial charge >= 0.3 is 0 Å². The Kier molecular flexibility index (Phi) is 7.71. The third kappa shape index (κ3) is 5.48. The standard InChI is InChI=1S/C31H32N2O2/c1-4-28-27(16-11-17-29(34)24-20-18-22(2)19-21-24)31(35)33(23(3)32-28)30(25-12-7-5-8-13-25)26-14-9-6-10-15-26/h5-10,12-15,18-21,30H,4,11,16-17H2,1-3H3. The van der Waals surface area contributed by atoms with Gasteiger partial charge in [0.25, 0.3) is 5.56 Å². The minimum atomic E-state index is -0.267. The number of nitrogens with zero attached hydrogens (tertiary/aromatic N) is 2. The summed E-state index contributed by atoms with van der Waals surface area (Å²) in [4.78, 5) is 31.5. The van der Waals surface area contributed by atoms with Gasteiger partial charge in [-0.05, 0) is 44.2 Å². The average molecular weight is 465 g/mol. The molecule has 1 aromatic heterocycles. The zero-order valence-electron chi connectivity index (χ0n) is 20.7. The Hall–Kier alpha value is -3.79. The maximum atomic E-state index is 14.0. The molecule has 0 aliphatic rings. The lowest BCUT2D eigenvalue weighted by atomic mass is 9.97. The first kappa shape index (κ1) is 24.3. The van der Waals surface area contributed by atoms with Crippen LogP contribution in [0.3, 0.4) is 0 Å². The summed E-state index contributed by atoms with van der Waals surface area (Å²) >= 11 is 0. The van der Waals surface area contributed by atoms with Gasteiger partial charge in [-0.2, -0.15) is 0 Å². The number of hydrogen-bond acceptors (Lipinski definition) is 3. The molecule has 178 valence electrons.